The summed E-state index contributed by atoms with van der Waals surface area (Å²) in [5.74, 6) is -0.727. The molecule has 2 aromatic rings. The molecule has 1 aliphatic rings. The first-order valence-corrected chi connectivity index (χ1v) is 8.27. The number of nitrogens with zero attached hydrogens (tertiary/aromatic N) is 2. The van der Waals surface area contributed by atoms with E-state index in [9.17, 15) is 14.3 Å². The molecule has 1 fully saturated rings. The number of aliphatic hydroxyl groups excluding tert-OH is 1. The standard InChI is InChI=1S/C19H21FN2O3/c1-25-19(24)17-4-2-3-15(21-17)11-22-10-9-16(18(23)12-22)13-5-7-14(20)8-6-13/h2-8,16,18,23H,9-12H2,1H3/t16-,18+/m0/s1. The summed E-state index contributed by atoms with van der Waals surface area (Å²) < 4.78 is 17.7. The van der Waals surface area contributed by atoms with Crippen LogP contribution in [0.1, 0.15) is 34.1 Å². The molecule has 5 nitrogen and oxygen atoms in total. The summed E-state index contributed by atoms with van der Waals surface area (Å²) in [6.07, 6.45) is 0.256. The van der Waals surface area contributed by atoms with E-state index in [1.54, 1.807) is 24.3 Å². The fourth-order valence-electron chi connectivity index (χ4n) is 3.25. The lowest BCUT2D eigenvalue weighted by atomic mass is 9.87. The number of piperidine rings is 1. The first-order chi connectivity index (χ1) is 12.1. The minimum atomic E-state index is -0.525. The van der Waals surface area contributed by atoms with E-state index in [0.717, 1.165) is 24.2 Å². The summed E-state index contributed by atoms with van der Waals surface area (Å²) in [7, 11) is 1.33. The third-order valence-corrected chi connectivity index (χ3v) is 4.55. The molecule has 0 saturated carbocycles. The largest absolute Gasteiger partial charge is 0.464 e. The van der Waals surface area contributed by atoms with Crippen LogP contribution < -0.4 is 0 Å². The molecule has 0 bridgehead atoms. The van der Waals surface area contributed by atoms with Gasteiger partial charge in [-0.3, -0.25) is 4.90 Å². The number of hydrogen-bond acceptors (Lipinski definition) is 5. The number of methoxy groups -OCH3 is 1. The average molecular weight is 344 g/mol. The average Bonchev–Trinajstić information content (AvgIpc) is 2.62. The number of likely N-dealkylation sites (tertiary alicyclic amines) is 1. The quantitative estimate of drug-likeness (QED) is 0.863. The Hall–Kier alpha value is -2.31. The lowest BCUT2D eigenvalue weighted by Gasteiger charge is -2.36. The van der Waals surface area contributed by atoms with Gasteiger partial charge in [-0.2, -0.15) is 0 Å². The van der Waals surface area contributed by atoms with Gasteiger partial charge in [0.1, 0.15) is 11.5 Å². The molecule has 0 radical (unpaired) electrons. The zero-order valence-electron chi connectivity index (χ0n) is 14.1. The van der Waals surface area contributed by atoms with E-state index in [1.807, 2.05) is 6.07 Å². The van der Waals surface area contributed by atoms with Gasteiger partial charge in [0.25, 0.3) is 0 Å². The number of aromatic nitrogens is 1. The van der Waals surface area contributed by atoms with E-state index < -0.39 is 12.1 Å². The van der Waals surface area contributed by atoms with Crippen molar-refractivity contribution < 1.29 is 19.0 Å². The summed E-state index contributed by atoms with van der Waals surface area (Å²) in [6.45, 7) is 1.85. The van der Waals surface area contributed by atoms with Gasteiger partial charge in [-0.25, -0.2) is 14.2 Å². The van der Waals surface area contributed by atoms with E-state index >= 15 is 0 Å². The highest BCUT2D eigenvalue weighted by Crippen LogP contribution is 2.29. The SMILES string of the molecule is COC(=O)c1cccc(CN2CC[C@@H](c3ccc(F)cc3)[C@H](O)C2)n1. The number of benzene rings is 1. The van der Waals surface area contributed by atoms with Crippen molar-refractivity contribution in [2.75, 3.05) is 20.2 Å². The second-order valence-electron chi connectivity index (χ2n) is 6.25. The fraction of sp³-hybridized carbons (Fsp3) is 0.368. The third-order valence-electron chi connectivity index (χ3n) is 4.55. The van der Waals surface area contributed by atoms with E-state index in [1.165, 1.54) is 19.2 Å². The van der Waals surface area contributed by atoms with Gasteiger partial charge < -0.3 is 9.84 Å². The van der Waals surface area contributed by atoms with Crippen LogP contribution in [0.2, 0.25) is 0 Å². The van der Waals surface area contributed by atoms with Crippen molar-refractivity contribution in [1.82, 2.24) is 9.88 Å². The highest BCUT2D eigenvalue weighted by Gasteiger charge is 2.29. The third kappa shape index (κ3) is 4.21. The van der Waals surface area contributed by atoms with Crippen LogP contribution in [0.3, 0.4) is 0 Å². The zero-order valence-corrected chi connectivity index (χ0v) is 14.1. The van der Waals surface area contributed by atoms with Gasteiger partial charge in [0.2, 0.25) is 0 Å². The van der Waals surface area contributed by atoms with Crippen molar-refractivity contribution in [3.8, 4) is 0 Å². The molecule has 1 aromatic carbocycles. The van der Waals surface area contributed by atoms with E-state index in [-0.39, 0.29) is 17.4 Å². The molecule has 2 heterocycles. The number of esters is 1. The molecule has 0 unspecified atom stereocenters. The molecular weight excluding hydrogens is 323 g/mol. The highest BCUT2D eigenvalue weighted by atomic mass is 19.1. The van der Waals surface area contributed by atoms with Gasteiger partial charge in [0, 0.05) is 19.0 Å². The lowest BCUT2D eigenvalue weighted by Crippen LogP contribution is -2.42. The summed E-state index contributed by atoms with van der Waals surface area (Å²) in [5.41, 5.74) is 2.00. The number of β-amino-alcohol motifs (C(OH)–C–C–N with tert-alkyl or cyclic N) is 1. The van der Waals surface area contributed by atoms with E-state index in [2.05, 4.69) is 14.6 Å². The van der Waals surface area contributed by atoms with Crippen LogP contribution in [-0.4, -0.2) is 47.3 Å². The molecule has 1 aliphatic heterocycles. The van der Waals surface area contributed by atoms with Gasteiger partial charge in [0.15, 0.2) is 0 Å². The Balaban J connectivity index is 1.63. The minimum absolute atomic E-state index is 0.00575. The molecule has 1 aromatic heterocycles. The van der Waals surface area contributed by atoms with Gasteiger partial charge >= 0.3 is 5.97 Å². The monoisotopic (exact) mass is 344 g/mol. The van der Waals surface area contributed by atoms with Crippen LogP contribution in [0.5, 0.6) is 0 Å². The normalized spacial score (nSPS) is 21.1. The Bertz CT molecular complexity index is 736. The maximum Gasteiger partial charge on any atom is 0.356 e. The smallest absolute Gasteiger partial charge is 0.356 e. The predicted molar refractivity (Wildman–Crippen MR) is 90.6 cm³/mol. The number of pyridine rings is 1. The first-order valence-electron chi connectivity index (χ1n) is 8.27. The minimum Gasteiger partial charge on any atom is -0.464 e. The molecule has 25 heavy (non-hydrogen) atoms. The number of hydrogen-bond donors (Lipinski definition) is 1. The van der Waals surface area contributed by atoms with Gasteiger partial charge in [-0.05, 0) is 42.8 Å². The molecule has 3 rings (SSSR count). The van der Waals surface area contributed by atoms with Crippen LogP contribution in [-0.2, 0) is 11.3 Å². The first kappa shape index (κ1) is 17.5. The Kier molecular flexibility index (Phi) is 5.40. The summed E-state index contributed by atoms with van der Waals surface area (Å²) in [4.78, 5) is 18.0. The highest BCUT2D eigenvalue weighted by molar-refractivity contribution is 5.87. The van der Waals surface area contributed by atoms with Gasteiger partial charge in [0.05, 0.1) is 18.9 Å². The Morgan fingerprint density at radius 2 is 2.08 bits per heavy atom. The number of carbonyl (C=O) groups is 1. The van der Waals surface area contributed by atoms with Crippen LogP contribution in [0, 0.1) is 5.82 Å². The maximum absolute atomic E-state index is 13.1. The van der Waals surface area contributed by atoms with Crippen molar-refractivity contribution >= 4 is 5.97 Å². The molecule has 0 spiro atoms. The van der Waals surface area contributed by atoms with Gasteiger partial charge in [-0.1, -0.05) is 18.2 Å². The Morgan fingerprint density at radius 1 is 1.32 bits per heavy atom. The molecule has 0 aliphatic carbocycles. The van der Waals surface area contributed by atoms with Crippen molar-refractivity contribution in [1.29, 1.82) is 0 Å². The van der Waals surface area contributed by atoms with Crippen LogP contribution in [0.4, 0.5) is 4.39 Å². The fourth-order valence-corrected chi connectivity index (χ4v) is 3.25. The van der Waals surface area contributed by atoms with Gasteiger partial charge in [-0.15, -0.1) is 0 Å². The summed E-state index contributed by atoms with van der Waals surface area (Å²) in [6, 6.07) is 11.6. The van der Waals surface area contributed by atoms with Crippen molar-refractivity contribution in [2.45, 2.75) is 25.0 Å². The van der Waals surface area contributed by atoms with Crippen molar-refractivity contribution in [2.24, 2.45) is 0 Å². The molecule has 1 saturated heterocycles. The van der Waals surface area contributed by atoms with Crippen LogP contribution >= 0.6 is 0 Å². The lowest BCUT2D eigenvalue weighted by molar-refractivity contribution is 0.0468. The second-order valence-corrected chi connectivity index (χ2v) is 6.25. The molecular formula is C19H21FN2O3. The van der Waals surface area contributed by atoms with Crippen LogP contribution in [0.25, 0.3) is 0 Å². The molecule has 0 amide bonds. The Labute approximate surface area is 146 Å². The summed E-state index contributed by atoms with van der Waals surface area (Å²) in [5, 5.41) is 10.5. The molecule has 1 N–H and O–H groups in total. The number of aliphatic hydroxyl groups is 1. The van der Waals surface area contributed by atoms with Crippen LogP contribution in [0.15, 0.2) is 42.5 Å². The number of rotatable bonds is 4. The number of carbonyl (C=O) groups excluding carboxylic acids is 1. The predicted octanol–water partition coefficient (Wildman–Crippen LogP) is 2.36. The number of halogens is 1. The number of ether oxygens (including phenoxy) is 1. The molecule has 132 valence electrons. The molecule has 2 atom stereocenters. The molecule has 6 heteroatoms. The second kappa shape index (κ2) is 7.72. The zero-order chi connectivity index (χ0) is 17.8. The Morgan fingerprint density at radius 3 is 2.76 bits per heavy atom. The summed E-state index contributed by atoms with van der Waals surface area (Å²) >= 11 is 0. The van der Waals surface area contributed by atoms with Crippen molar-refractivity contribution in [3.63, 3.8) is 0 Å². The topological polar surface area (TPSA) is 62.7 Å². The van der Waals surface area contributed by atoms with Crippen molar-refractivity contribution in [3.05, 3.63) is 65.2 Å². The maximum atomic E-state index is 13.1. The van der Waals surface area contributed by atoms with E-state index in [4.69, 9.17) is 0 Å². The van der Waals surface area contributed by atoms with E-state index in [0.29, 0.717) is 13.1 Å².